The summed E-state index contributed by atoms with van der Waals surface area (Å²) in [5, 5.41) is 20.7. The maximum atomic E-state index is 13.5. The van der Waals surface area contributed by atoms with Crippen LogP contribution in [0, 0.1) is 24.7 Å². The zero-order chi connectivity index (χ0) is 44.5. The van der Waals surface area contributed by atoms with E-state index in [2.05, 4.69) is 42.6 Å². The zero-order valence-electron chi connectivity index (χ0n) is 36.0. The number of hydrogen-bond donors (Lipinski definition) is 10. The van der Waals surface area contributed by atoms with Crippen LogP contribution in [0.3, 0.4) is 0 Å². The summed E-state index contributed by atoms with van der Waals surface area (Å²) in [5.41, 5.74) is 24.6. The van der Waals surface area contributed by atoms with E-state index in [1.807, 2.05) is 90.9 Å². The summed E-state index contributed by atoms with van der Waals surface area (Å²) in [6.45, 7) is 13.3. The number of nitrogens with zero attached hydrogens (tertiary/aromatic N) is 1. The fraction of sp³-hybridized carbons (Fsp3) is 0.558. The quantitative estimate of drug-likeness (QED) is 0.0334. The van der Waals surface area contributed by atoms with E-state index in [0.717, 1.165) is 33.8 Å². The lowest BCUT2D eigenvalue weighted by atomic mass is 9.98. The second-order valence-electron chi connectivity index (χ2n) is 16.7. The molecule has 5 atom stereocenters. The van der Waals surface area contributed by atoms with E-state index in [0.29, 0.717) is 31.4 Å². The number of carbonyl (C=O) groups is 6. The van der Waals surface area contributed by atoms with Crippen molar-refractivity contribution in [2.45, 2.75) is 124 Å². The van der Waals surface area contributed by atoms with Crippen molar-refractivity contribution in [2.75, 3.05) is 13.1 Å². The lowest BCUT2D eigenvalue weighted by molar-refractivity contribution is -0.141. The summed E-state index contributed by atoms with van der Waals surface area (Å²) in [5.74, 6) is -4.06. The topological polar surface area (TPSA) is 272 Å². The summed E-state index contributed by atoms with van der Waals surface area (Å²) < 4.78 is 0. The van der Waals surface area contributed by atoms with Gasteiger partial charge in [0.25, 0.3) is 11.8 Å². The number of carbonyl (C=O) groups excluding carboxylic acids is 5. The van der Waals surface area contributed by atoms with Crippen molar-refractivity contribution in [1.82, 2.24) is 42.6 Å². The van der Waals surface area contributed by atoms with Gasteiger partial charge in [-0.25, -0.2) is 15.6 Å². The number of hydrogen-bond acceptors (Lipinski definition) is 11. The van der Waals surface area contributed by atoms with Crippen LogP contribution in [0.15, 0.2) is 42.5 Å². The average molecular weight is 835 g/mol. The van der Waals surface area contributed by atoms with Crippen LogP contribution in [-0.4, -0.2) is 88.9 Å². The number of carboxylic acids is 1. The maximum Gasteiger partial charge on any atom is 0.326 e. The first-order valence-corrected chi connectivity index (χ1v) is 20.8. The van der Waals surface area contributed by atoms with Crippen LogP contribution in [0.1, 0.15) is 91.3 Å². The highest BCUT2D eigenvalue weighted by Crippen LogP contribution is 2.27. The highest BCUT2D eigenvalue weighted by molar-refractivity contribution is 6.06. The van der Waals surface area contributed by atoms with Gasteiger partial charge in [0.2, 0.25) is 17.7 Å². The normalized spacial score (nSPS) is 14.1. The highest BCUT2D eigenvalue weighted by atomic mass is 16.4. The molecule has 5 amide bonds. The van der Waals surface area contributed by atoms with E-state index >= 15 is 0 Å². The van der Waals surface area contributed by atoms with Crippen LogP contribution in [0.25, 0.3) is 21.7 Å². The Hall–Kier alpha value is -5.23. The summed E-state index contributed by atoms with van der Waals surface area (Å²) >= 11 is 0. The minimum absolute atomic E-state index is 0.00497. The minimum Gasteiger partial charge on any atom is -0.480 e. The predicted molar refractivity (Wildman–Crippen MR) is 232 cm³/mol. The zero-order valence-corrected chi connectivity index (χ0v) is 36.0. The first-order chi connectivity index (χ1) is 28.4. The lowest BCUT2D eigenvalue weighted by Gasteiger charge is -2.27. The van der Waals surface area contributed by atoms with Gasteiger partial charge in [-0.05, 0) is 80.3 Å². The molecule has 0 saturated carbocycles. The van der Waals surface area contributed by atoms with Gasteiger partial charge in [0.05, 0.1) is 18.1 Å². The van der Waals surface area contributed by atoms with E-state index in [-0.39, 0.29) is 37.0 Å². The molecule has 330 valence electrons. The SMILES string of the molecule is Cc1nc2ccccc2c2cc(C[C@H](NC(=O)CNC(=O)[C@H](CC(C)C)NNC(=O)[C@H](CC(C)C)NC(=O)[C@H](CC(C)C)NNC(=O)[C@@H](N)CCCCN)C(=O)O)ccc12. The van der Waals surface area contributed by atoms with Gasteiger partial charge in [0.15, 0.2) is 0 Å². The van der Waals surface area contributed by atoms with Gasteiger partial charge in [0, 0.05) is 22.9 Å². The Morgan fingerprint density at radius 1 is 0.683 bits per heavy atom. The second kappa shape index (κ2) is 24.1. The maximum absolute atomic E-state index is 13.5. The fourth-order valence-corrected chi connectivity index (χ4v) is 6.79. The van der Waals surface area contributed by atoms with Crippen molar-refractivity contribution in [3.05, 3.63) is 53.7 Å². The van der Waals surface area contributed by atoms with E-state index < -0.39 is 72.3 Å². The van der Waals surface area contributed by atoms with Crippen LogP contribution < -0.4 is 49.1 Å². The molecule has 1 heterocycles. The Labute approximate surface area is 352 Å². The summed E-state index contributed by atoms with van der Waals surface area (Å²) in [4.78, 5) is 83.0. The second-order valence-corrected chi connectivity index (χ2v) is 16.7. The Balaban J connectivity index is 1.62. The number of nitrogens with two attached hydrogens (primary N) is 2. The number of amides is 5. The fourth-order valence-electron chi connectivity index (χ4n) is 6.79. The molecular formula is C43H66N10O7. The monoisotopic (exact) mass is 835 g/mol. The van der Waals surface area contributed by atoms with Gasteiger partial charge in [-0.3, -0.25) is 39.8 Å². The number of fused-ring (bicyclic) bond motifs is 3. The molecule has 0 aliphatic carbocycles. The Morgan fingerprint density at radius 3 is 1.90 bits per heavy atom. The summed E-state index contributed by atoms with van der Waals surface area (Å²) in [6, 6.07) is 8.41. The molecular weight excluding hydrogens is 769 g/mol. The van der Waals surface area contributed by atoms with Crippen LogP contribution in [0.5, 0.6) is 0 Å². The number of hydrazine groups is 2. The smallest absolute Gasteiger partial charge is 0.326 e. The molecule has 0 saturated heterocycles. The molecule has 2 aromatic carbocycles. The molecule has 17 nitrogen and oxygen atoms in total. The van der Waals surface area contributed by atoms with Gasteiger partial charge < -0.3 is 32.5 Å². The van der Waals surface area contributed by atoms with E-state index in [1.165, 1.54) is 0 Å². The van der Waals surface area contributed by atoms with E-state index in [9.17, 15) is 33.9 Å². The third-order valence-corrected chi connectivity index (χ3v) is 9.88. The molecule has 0 radical (unpaired) electrons. The number of nitrogens with one attached hydrogen (secondary N) is 7. The number of carboxylic acid groups (broad SMARTS) is 1. The molecule has 0 bridgehead atoms. The molecule has 0 aliphatic rings. The molecule has 17 heteroatoms. The summed E-state index contributed by atoms with van der Waals surface area (Å²) in [6.07, 6.45) is 2.75. The first kappa shape index (κ1) is 49.1. The van der Waals surface area contributed by atoms with Crippen LogP contribution in [0.4, 0.5) is 0 Å². The molecule has 1 aromatic heterocycles. The van der Waals surface area contributed by atoms with Gasteiger partial charge in [-0.2, -0.15) is 0 Å². The minimum atomic E-state index is -1.27. The molecule has 0 aliphatic heterocycles. The van der Waals surface area contributed by atoms with Crippen molar-refractivity contribution in [3.63, 3.8) is 0 Å². The van der Waals surface area contributed by atoms with Crippen molar-refractivity contribution in [1.29, 1.82) is 0 Å². The standard InChI is InChI=1S/C43H66N10O7/c1-24(2)18-34(49-41(57)36(20-26(5)6)51-52-39(55)32(45)13-10-11-17-44)42(58)53-50-35(19-25(3)4)40(56)46-23-38(54)48-37(43(59)60)22-28-15-16-29-27(7)47-33-14-9-8-12-30(33)31(29)21-28/h8-9,12,14-16,21,24-26,32,34-37,50-51H,10-11,13,17-20,22-23,44-45H2,1-7H3,(H,46,56)(H,48,54)(H,49,57)(H,52,55)(H,53,58)(H,59,60)/t32-,34-,35-,36-,37-/m0/s1. The third-order valence-electron chi connectivity index (χ3n) is 9.88. The first-order valence-electron chi connectivity index (χ1n) is 20.8. The van der Waals surface area contributed by atoms with Crippen molar-refractivity contribution in [3.8, 4) is 0 Å². The van der Waals surface area contributed by atoms with Crippen molar-refractivity contribution in [2.24, 2.45) is 29.2 Å². The summed E-state index contributed by atoms with van der Waals surface area (Å²) in [7, 11) is 0. The Morgan fingerprint density at radius 2 is 1.28 bits per heavy atom. The van der Waals surface area contributed by atoms with Gasteiger partial charge in [0.1, 0.15) is 24.2 Å². The van der Waals surface area contributed by atoms with Crippen LogP contribution in [-0.2, 0) is 35.2 Å². The third kappa shape index (κ3) is 15.7. The van der Waals surface area contributed by atoms with Crippen LogP contribution in [0.2, 0.25) is 0 Å². The van der Waals surface area contributed by atoms with Crippen LogP contribution >= 0.6 is 0 Å². The molecule has 60 heavy (non-hydrogen) atoms. The number of aryl methyl sites for hydroxylation is 1. The number of aromatic nitrogens is 1. The largest absolute Gasteiger partial charge is 0.480 e. The highest BCUT2D eigenvalue weighted by Gasteiger charge is 2.29. The van der Waals surface area contributed by atoms with Gasteiger partial charge in [-0.1, -0.05) is 84.4 Å². The number of pyridine rings is 1. The number of benzene rings is 2. The number of rotatable bonds is 25. The van der Waals surface area contributed by atoms with Crippen molar-refractivity contribution < 1.29 is 33.9 Å². The number of para-hydroxylation sites is 1. The molecule has 0 spiro atoms. The van der Waals surface area contributed by atoms with Crippen molar-refractivity contribution >= 4 is 57.2 Å². The number of aliphatic carboxylic acids is 1. The lowest BCUT2D eigenvalue weighted by Crippen LogP contribution is -2.60. The molecule has 0 unspecified atom stereocenters. The predicted octanol–water partition coefficient (Wildman–Crippen LogP) is 1.98. The molecule has 12 N–H and O–H groups in total. The molecule has 0 fully saturated rings. The number of unbranched alkanes of at least 4 members (excludes halogenated alkanes) is 1. The van der Waals surface area contributed by atoms with E-state index in [1.54, 1.807) is 0 Å². The molecule has 3 rings (SSSR count). The Bertz CT molecular complexity index is 1940. The van der Waals surface area contributed by atoms with Gasteiger partial charge >= 0.3 is 5.97 Å². The molecule has 3 aromatic rings. The van der Waals surface area contributed by atoms with E-state index in [4.69, 9.17) is 11.5 Å². The average Bonchev–Trinajstić information content (AvgIpc) is 3.18. The van der Waals surface area contributed by atoms with Gasteiger partial charge in [-0.15, -0.1) is 0 Å². The Kier molecular flexibility index (Phi) is 19.8.